The summed E-state index contributed by atoms with van der Waals surface area (Å²) in [5.41, 5.74) is 0. The van der Waals surface area contributed by atoms with Crippen LogP contribution in [0.25, 0.3) is 0 Å². The van der Waals surface area contributed by atoms with E-state index in [1.165, 1.54) is 0 Å². The Hall–Kier alpha value is -0.630. The average molecular weight is 223 g/mol. The van der Waals surface area contributed by atoms with Gasteiger partial charge in [-0.25, -0.2) is 4.67 Å². The molecular weight excluding hydrogens is 209 g/mol. The van der Waals surface area contributed by atoms with E-state index in [4.69, 9.17) is 4.52 Å². The Kier molecular flexibility index (Phi) is 2.20. The van der Waals surface area contributed by atoms with Crippen LogP contribution in [0.1, 0.15) is 12.8 Å². The first-order valence-corrected chi connectivity index (χ1v) is 6.96. The van der Waals surface area contributed by atoms with Crippen LogP contribution in [0.5, 0.6) is 0 Å². The fraction of sp³-hybridized carbons (Fsp3) is 0.455. The molecule has 0 aromatic heterocycles. The van der Waals surface area contributed by atoms with Gasteiger partial charge in [-0.2, -0.15) is 0 Å². The lowest BCUT2D eigenvalue weighted by Crippen LogP contribution is -2.24. The van der Waals surface area contributed by atoms with Gasteiger partial charge in [0.2, 0.25) is 0 Å². The molecule has 0 radical (unpaired) electrons. The first-order chi connectivity index (χ1) is 7.31. The molecule has 0 aliphatic carbocycles. The quantitative estimate of drug-likeness (QED) is 0.682. The van der Waals surface area contributed by atoms with Gasteiger partial charge in [0.15, 0.2) is 0 Å². The van der Waals surface area contributed by atoms with Crippen LogP contribution in [0, 0.1) is 0 Å². The zero-order valence-electron chi connectivity index (χ0n) is 8.50. The molecule has 0 saturated carbocycles. The molecule has 3 rings (SSSR count). The summed E-state index contributed by atoms with van der Waals surface area (Å²) in [6.07, 6.45) is 2.27. The molecule has 1 unspecified atom stereocenters. The zero-order valence-corrected chi connectivity index (χ0v) is 9.40. The van der Waals surface area contributed by atoms with Crippen molar-refractivity contribution in [2.75, 3.05) is 13.2 Å². The number of hydrogen-bond acceptors (Lipinski definition) is 2. The van der Waals surface area contributed by atoms with Crippen LogP contribution in [0.3, 0.4) is 0 Å². The van der Waals surface area contributed by atoms with Gasteiger partial charge in [0.05, 0.1) is 11.9 Å². The minimum atomic E-state index is -2.69. The van der Waals surface area contributed by atoms with Gasteiger partial charge in [0.25, 0.3) is 0 Å². The number of hydrogen-bond donors (Lipinski definition) is 0. The Labute approximate surface area is 89.6 Å². The predicted molar refractivity (Wildman–Crippen MR) is 59.4 cm³/mol. The lowest BCUT2D eigenvalue weighted by atomic mass is 10.2. The Morgan fingerprint density at radius 1 is 1.33 bits per heavy atom. The SMILES string of the molecule is O=P1(c2ccccc2)OC[C@@H]2CCCN21. The predicted octanol–water partition coefficient (Wildman–Crippen LogP) is 2.00. The topological polar surface area (TPSA) is 29.5 Å². The summed E-state index contributed by atoms with van der Waals surface area (Å²) in [5.74, 6) is 0. The van der Waals surface area contributed by atoms with E-state index >= 15 is 0 Å². The van der Waals surface area contributed by atoms with Gasteiger partial charge in [0, 0.05) is 12.6 Å². The molecule has 4 heteroatoms. The summed E-state index contributed by atoms with van der Waals surface area (Å²) in [7, 11) is -2.69. The van der Waals surface area contributed by atoms with Crippen LogP contribution in [0.2, 0.25) is 0 Å². The van der Waals surface area contributed by atoms with Gasteiger partial charge in [-0.05, 0) is 25.0 Å². The molecule has 2 fully saturated rings. The number of benzene rings is 1. The standard InChI is InChI=1S/C11H14NO2P/c13-15(11-6-2-1-3-7-11)12-8-4-5-10(12)9-14-15/h1-3,6-7,10H,4-5,8-9H2/t10-,15?/m0/s1. The van der Waals surface area contributed by atoms with Crippen molar-refractivity contribution in [1.29, 1.82) is 0 Å². The van der Waals surface area contributed by atoms with Crippen molar-refractivity contribution in [2.24, 2.45) is 0 Å². The maximum absolute atomic E-state index is 12.7. The van der Waals surface area contributed by atoms with Gasteiger partial charge in [-0.1, -0.05) is 18.2 Å². The molecule has 0 bridgehead atoms. The molecule has 3 nitrogen and oxygen atoms in total. The first kappa shape index (κ1) is 9.59. The highest BCUT2D eigenvalue weighted by molar-refractivity contribution is 7.64. The van der Waals surface area contributed by atoms with Crippen LogP contribution in [-0.2, 0) is 9.09 Å². The van der Waals surface area contributed by atoms with Gasteiger partial charge in [-0.3, -0.25) is 4.57 Å². The fourth-order valence-electron chi connectivity index (χ4n) is 2.44. The van der Waals surface area contributed by atoms with Crippen LogP contribution in [0.15, 0.2) is 30.3 Å². The van der Waals surface area contributed by atoms with Crippen molar-refractivity contribution >= 4 is 12.8 Å². The molecule has 2 heterocycles. The van der Waals surface area contributed by atoms with Gasteiger partial charge in [0.1, 0.15) is 0 Å². The van der Waals surface area contributed by atoms with Crippen molar-refractivity contribution in [3.05, 3.63) is 30.3 Å². The van der Waals surface area contributed by atoms with E-state index in [-0.39, 0.29) is 0 Å². The van der Waals surface area contributed by atoms with E-state index in [1.54, 1.807) is 0 Å². The highest BCUT2D eigenvalue weighted by Gasteiger charge is 2.47. The minimum absolute atomic E-state index is 0.385. The third-order valence-corrected chi connectivity index (χ3v) is 5.86. The molecule has 0 amide bonds. The number of rotatable bonds is 1. The molecule has 15 heavy (non-hydrogen) atoms. The largest absolute Gasteiger partial charge is 0.312 e. The van der Waals surface area contributed by atoms with Crippen LogP contribution >= 0.6 is 7.52 Å². The first-order valence-electron chi connectivity index (χ1n) is 5.38. The van der Waals surface area contributed by atoms with Crippen LogP contribution < -0.4 is 5.30 Å². The van der Waals surface area contributed by atoms with Gasteiger partial charge < -0.3 is 4.52 Å². The van der Waals surface area contributed by atoms with Crippen molar-refractivity contribution in [3.63, 3.8) is 0 Å². The normalized spacial score (nSPS) is 35.6. The van der Waals surface area contributed by atoms with Crippen molar-refractivity contribution in [2.45, 2.75) is 18.9 Å². The van der Waals surface area contributed by atoms with Crippen molar-refractivity contribution < 1.29 is 9.09 Å². The molecule has 0 N–H and O–H groups in total. The Balaban J connectivity index is 2.01. The Morgan fingerprint density at radius 2 is 2.13 bits per heavy atom. The van der Waals surface area contributed by atoms with Crippen molar-refractivity contribution in [1.82, 2.24) is 4.67 Å². The van der Waals surface area contributed by atoms with Crippen LogP contribution in [0.4, 0.5) is 0 Å². The average Bonchev–Trinajstić information content (AvgIpc) is 2.85. The van der Waals surface area contributed by atoms with E-state index in [2.05, 4.69) is 4.67 Å². The van der Waals surface area contributed by atoms with E-state index < -0.39 is 7.52 Å². The van der Waals surface area contributed by atoms with Gasteiger partial charge in [-0.15, -0.1) is 0 Å². The smallest absolute Gasteiger partial charge is 0.302 e. The summed E-state index contributed by atoms with van der Waals surface area (Å²) in [6, 6.07) is 9.97. The molecule has 2 atom stereocenters. The highest BCUT2D eigenvalue weighted by Crippen LogP contribution is 2.58. The van der Waals surface area contributed by atoms with Crippen LogP contribution in [-0.4, -0.2) is 23.9 Å². The molecular formula is C11H14NO2P. The summed E-state index contributed by atoms with van der Waals surface area (Å²) in [5, 5.41) is 0.842. The Bertz CT molecular complexity index is 406. The third-order valence-electron chi connectivity index (χ3n) is 3.21. The number of fused-ring (bicyclic) bond motifs is 1. The second-order valence-corrected chi connectivity index (χ2v) is 6.44. The van der Waals surface area contributed by atoms with E-state index in [0.717, 1.165) is 24.7 Å². The fourth-order valence-corrected chi connectivity index (χ4v) is 4.97. The summed E-state index contributed by atoms with van der Waals surface area (Å²) in [4.78, 5) is 0. The zero-order chi connectivity index (χ0) is 10.3. The molecule has 80 valence electrons. The van der Waals surface area contributed by atoms with Crippen molar-refractivity contribution in [3.8, 4) is 0 Å². The summed E-state index contributed by atoms with van der Waals surface area (Å²) < 4.78 is 20.4. The summed E-state index contributed by atoms with van der Waals surface area (Å²) in [6.45, 7) is 1.54. The molecule has 2 saturated heterocycles. The second kappa shape index (κ2) is 3.44. The maximum atomic E-state index is 12.7. The highest BCUT2D eigenvalue weighted by atomic mass is 31.2. The number of nitrogens with zero attached hydrogens (tertiary/aromatic N) is 1. The van der Waals surface area contributed by atoms with E-state index in [1.807, 2.05) is 30.3 Å². The molecule has 1 aromatic rings. The maximum Gasteiger partial charge on any atom is 0.302 e. The monoisotopic (exact) mass is 223 g/mol. The second-order valence-electron chi connectivity index (χ2n) is 4.11. The molecule has 2 aliphatic rings. The molecule has 0 spiro atoms. The van der Waals surface area contributed by atoms with Gasteiger partial charge >= 0.3 is 7.52 Å². The lowest BCUT2D eigenvalue weighted by molar-refractivity contribution is 0.331. The van der Waals surface area contributed by atoms with E-state index in [0.29, 0.717) is 12.6 Å². The molecule has 2 aliphatic heterocycles. The van der Waals surface area contributed by atoms with E-state index in [9.17, 15) is 4.57 Å². The Morgan fingerprint density at radius 3 is 2.93 bits per heavy atom. The minimum Gasteiger partial charge on any atom is -0.312 e. The lowest BCUT2D eigenvalue weighted by Gasteiger charge is -2.21. The summed E-state index contributed by atoms with van der Waals surface area (Å²) >= 11 is 0. The molecule has 1 aromatic carbocycles. The third kappa shape index (κ3) is 1.38.